The van der Waals surface area contributed by atoms with Crippen molar-refractivity contribution in [2.45, 2.75) is 26.3 Å². The first kappa shape index (κ1) is 13.2. The number of aromatic nitrogens is 1. The van der Waals surface area contributed by atoms with Crippen molar-refractivity contribution < 1.29 is 4.39 Å². The molecule has 1 heterocycles. The third-order valence-electron chi connectivity index (χ3n) is 2.87. The minimum Gasteiger partial charge on any atom is -0.305 e. The number of thiazole rings is 1. The summed E-state index contributed by atoms with van der Waals surface area (Å²) < 4.78 is 13.7. The first-order valence-electron chi connectivity index (χ1n) is 6.10. The van der Waals surface area contributed by atoms with Crippen molar-refractivity contribution in [3.63, 3.8) is 0 Å². The summed E-state index contributed by atoms with van der Waals surface area (Å²) in [5.41, 5.74) is 4.36. The Morgan fingerprint density at radius 3 is 2.89 bits per heavy atom. The van der Waals surface area contributed by atoms with E-state index >= 15 is 0 Å². The molecule has 18 heavy (non-hydrogen) atoms. The lowest BCUT2D eigenvalue weighted by molar-refractivity contribution is 0.575. The number of halogens is 1. The Morgan fingerprint density at radius 2 is 2.28 bits per heavy atom. The van der Waals surface area contributed by atoms with Gasteiger partial charge in [0.15, 0.2) is 0 Å². The van der Waals surface area contributed by atoms with Crippen LogP contribution in [-0.4, -0.2) is 11.5 Å². The molecule has 96 valence electrons. The fourth-order valence-corrected chi connectivity index (χ4v) is 2.41. The van der Waals surface area contributed by atoms with Crippen molar-refractivity contribution in [1.82, 2.24) is 10.3 Å². The first-order valence-corrected chi connectivity index (χ1v) is 7.04. The van der Waals surface area contributed by atoms with Gasteiger partial charge < -0.3 is 5.32 Å². The summed E-state index contributed by atoms with van der Waals surface area (Å²) in [5, 5.41) is 5.42. The highest BCUT2D eigenvalue weighted by Crippen LogP contribution is 2.23. The predicted octanol–water partition coefficient (Wildman–Crippen LogP) is 3.68. The van der Waals surface area contributed by atoms with Gasteiger partial charge in [-0.2, -0.15) is 0 Å². The van der Waals surface area contributed by atoms with Crippen LogP contribution in [-0.2, 0) is 0 Å². The summed E-state index contributed by atoms with van der Waals surface area (Å²) in [5.74, 6) is -0.161. The van der Waals surface area contributed by atoms with Crippen LogP contribution < -0.4 is 5.32 Å². The van der Waals surface area contributed by atoms with Gasteiger partial charge >= 0.3 is 0 Å². The molecule has 0 radical (unpaired) electrons. The number of aryl methyl sites for hydroxylation is 1. The predicted molar refractivity (Wildman–Crippen MR) is 73.4 cm³/mol. The Labute approximate surface area is 111 Å². The largest absolute Gasteiger partial charge is 0.305 e. The van der Waals surface area contributed by atoms with E-state index in [-0.39, 0.29) is 11.9 Å². The lowest BCUT2D eigenvalue weighted by atomic mass is 10.0. The van der Waals surface area contributed by atoms with Gasteiger partial charge in [0.1, 0.15) is 5.82 Å². The monoisotopic (exact) mass is 264 g/mol. The molecule has 0 amide bonds. The van der Waals surface area contributed by atoms with Crippen molar-refractivity contribution in [1.29, 1.82) is 0 Å². The molecule has 0 aliphatic rings. The topological polar surface area (TPSA) is 24.9 Å². The van der Waals surface area contributed by atoms with Gasteiger partial charge in [-0.05, 0) is 37.1 Å². The Hall–Kier alpha value is -1.26. The lowest BCUT2D eigenvalue weighted by Gasteiger charge is -2.17. The molecule has 0 saturated carbocycles. The second kappa shape index (κ2) is 6.07. The number of nitrogens with zero attached hydrogens (tertiary/aromatic N) is 1. The summed E-state index contributed by atoms with van der Waals surface area (Å²) >= 11 is 1.56. The van der Waals surface area contributed by atoms with Crippen molar-refractivity contribution in [3.8, 4) is 0 Å². The van der Waals surface area contributed by atoms with Crippen LogP contribution in [0.25, 0.3) is 0 Å². The molecule has 0 spiro atoms. The zero-order valence-corrected chi connectivity index (χ0v) is 11.4. The molecule has 2 nitrogen and oxygen atoms in total. The van der Waals surface area contributed by atoms with Crippen LogP contribution in [0.5, 0.6) is 0 Å². The quantitative estimate of drug-likeness (QED) is 0.891. The highest BCUT2D eigenvalue weighted by Gasteiger charge is 2.16. The van der Waals surface area contributed by atoms with Gasteiger partial charge in [0.05, 0.1) is 17.2 Å². The maximum atomic E-state index is 13.7. The Bertz CT molecular complexity index is 497. The van der Waals surface area contributed by atoms with Crippen LogP contribution in [0.4, 0.5) is 4.39 Å². The third-order valence-corrected chi connectivity index (χ3v) is 3.48. The number of rotatable bonds is 5. The third kappa shape index (κ3) is 2.94. The highest BCUT2D eigenvalue weighted by atomic mass is 32.1. The molecular formula is C14H17FN2S. The fourth-order valence-electron chi connectivity index (χ4n) is 1.83. The normalized spacial score (nSPS) is 12.6. The summed E-state index contributed by atoms with van der Waals surface area (Å²) in [7, 11) is 0. The summed E-state index contributed by atoms with van der Waals surface area (Å²) in [6.45, 7) is 4.77. The molecule has 0 aliphatic carbocycles. The van der Waals surface area contributed by atoms with Crippen molar-refractivity contribution in [2.24, 2.45) is 0 Å². The number of benzene rings is 1. The van der Waals surface area contributed by atoms with Crippen LogP contribution in [0.15, 0.2) is 29.1 Å². The minimum atomic E-state index is -0.161. The first-order chi connectivity index (χ1) is 8.72. The van der Waals surface area contributed by atoms with E-state index in [2.05, 4.69) is 17.2 Å². The molecule has 0 saturated heterocycles. The second-order valence-corrected chi connectivity index (χ2v) is 5.03. The number of nitrogens with one attached hydrogen (secondary N) is 1. The lowest BCUT2D eigenvalue weighted by Crippen LogP contribution is -2.23. The van der Waals surface area contributed by atoms with E-state index in [9.17, 15) is 4.39 Å². The smallest absolute Gasteiger partial charge is 0.126 e. The Balaban J connectivity index is 2.30. The average molecular weight is 264 g/mol. The van der Waals surface area contributed by atoms with Crippen LogP contribution >= 0.6 is 11.3 Å². The zero-order chi connectivity index (χ0) is 13.0. The van der Waals surface area contributed by atoms with Gasteiger partial charge in [-0.15, -0.1) is 11.3 Å². The van der Waals surface area contributed by atoms with E-state index in [0.29, 0.717) is 5.56 Å². The standard InChI is InChI=1S/C14H17FN2S/c1-3-6-16-14(13-8-18-9-17-13)11-5-4-10(2)12(15)7-11/h4-5,7-9,14,16H,3,6H2,1-2H3. The maximum Gasteiger partial charge on any atom is 0.126 e. The van der Waals surface area contributed by atoms with Gasteiger partial charge in [-0.3, -0.25) is 0 Å². The molecule has 0 aliphatic heterocycles. The molecule has 1 N–H and O–H groups in total. The van der Waals surface area contributed by atoms with Crippen LogP contribution in [0.1, 0.15) is 36.2 Å². The Kier molecular flexibility index (Phi) is 4.44. The highest BCUT2D eigenvalue weighted by molar-refractivity contribution is 7.07. The maximum absolute atomic E-state index is 13.7. The number of hydrogen-bond donors (Lipinski definition) is 1. The molecule has 0 bridgehead atoms. The zero-order valence-electron chi connectivity index (χ0n) is 10.6. The van der Waals surface area contributed by atoms with E-state index in [1.807, 2.05) is 17.5 Å². The summed E-state index contributed by atoms with van der Waals surface area (Å²) in [6, 6.07) is 5.36. The average Bonchev–Trinajstić information content (AvgIpc) is 2.88. The van der Waals surface area contributed by atoms with E-state index in [4.69, 9.17) is 0 Å². The molecule has 0 fully saturated rings. The van der Waals surface area contributed by atoms with Gasteiger partial charge in [-0.25, -0.2) is 9.37 Å². The molecule has 2 aromatic rings. The number of hydrogen-bond acceptors (Lipinski definition) is 3. The SMILES string of the molecule is CCCNC(c1ccc(C)c(F)c1)c1cscn1. The van der Waals surface area contributed by atoms with E-state index in [0.717, 1.165) is 24.2 Å². The van der Waals surface area contributed by atoms with Gasteiger partial charge in [0.25, 0.3) is 0 Å². The molecule has 1 unspecified atom stereocenters. The molecule has 1 aromatic carbocycles. The van der Waals surface area contributed by atoms with Crippen LogP contribution in [0, 0.1) is 12.7 Å². The Morgan fingerprint density at radius 1 is 1.44 bits per heavy atom. The molecule has 2 rings (SSSR count). The van der Waals surface area contributed by atoms with E-state index in [1.54, 1.807) is 29.8 Å². The molecular weight excluding hydrogens is 247 g/mol. The van der Waals surface area contributed by atoms with Crippen LogP contribution in [0.2, 0.25) is 0 Å². The molecule has 1 atom stereocenters. The van der Waals surface area contributed by atoms with Gasteiger partial charge in [0.2, 0.25) is 0 Å². The second-order valence-electron chi connectivity index (χ2n) is 4.31. The minimum absolute atomic E-state index is 0.0219. The van der Waals surface area contributed by atoms with E-state index < -0.39 is 0 Å². The molecule has 1 aromatic heterocycles. The van der Waals surface area contributed by atoms with Crippen molar-refractivity contribution >= 4 is 11.3 Å². The summed E-state index contributed by atoms with van der Waals surface area (Å²) in [4.78, 5) is 4.33. The summed E-state index contributed by atoms with van der Waals surface area (Å²) in [6.07, 6.45) is 1.04. The molecule has 4 heteroatoms. The van der Waals surface area contributed by atoms with Crippen molar-refractivity contribution in [2.75, 3.05) is 6.54 Å². The van der Waals surface area contributed by atoms with Crippen molar-refractivity contribution in [3.05, 3.63) is 51.7 Å². The van der Waals surface area contributed by atoms with Crippen LogP contribution in [0.3, 0.4) is 0 Å². The van der Waals surface area contributed by atoms with E-state index in [1.165, 1.54) is 0 Å². The van der Waals surface area contributed by atoms with Gasteiger partial charge in [0, 0.05) is 5.38 Å². The van der Waals surface area contributed by atoms with Gasteiger partial charge in [-0.1, -0.05) is 19.1 Å². The fraction of sp³-hybridized carbons (Fsp3) is 0.357.